The Morgan fingerprint density at radius 1 is 0.487 bits per heavy atom. The summed E-state index contributed by atoms with van der Waals surface area (Å²) in [5, 5.41) is 5.34. The van der Waals surface area contributed by atoms with E-state index in [4.69, 9.17) is 61.6 Å². The van der Waals surface area contributed by atoms with Gasteiger partial charge in [0, 0.05) is 25.1 Å². The molecule has 2 aliphatic heterocycles. The number of anilines is 1. The van der Waals surface area contributed by atoms with E-state index in [1.54, 1.807) is 18.2 Å². The lowest BCUT2D eigenvalue weighted by Crippen LogP contribution is -2.54. The smallest absolute Gasteiger partial charge is 0.305 e. The predicted molar refractivity (Wildman–Crippen MR) is 283 cm³/mol. The Bertz CT molecular complexity index is 1660. The fourth-order valence-electron chi connectivity index (χ4n) is 8.01. The van der Waals surface area contributed by atoms with Gasteiger partial charge >= 0.3 is 5.97 Å². The highest BCUT2D eigenvalue weighted by Crippen LogP contribution is 2.32. The van der Waals surface area contributed by atoms with E-state index in [-0.39, 0.29) is 36.5 Å². The lowest BCUT2D eigenvalue weighted by atomic mass is 10.0. The third-order valence-electron chi connectivity index (χ3n) is 12.1. The molecule has 0 radical (unpaired) electrons. The molecule has 21 heteroatoms. The van der Waals surface area contributed by atoms with Crippen LogP contribution in [0.2, 0.25) is 0 Å². The van der Waals surface area contributed by atoms with E-state index in [2.05, 4.69) is 17.6 Å². The average molecular weight is 1080 g/mol. The summed E-state index contributed by atoms with van der Waals surface area (Å²) in [6, 6.07) is 3.90. The van der Waals surface area contributed by atoms with Crippen LogP contribution in [0.3, 0.4) is 0 Å². The number of esters is 1. The molecular formula is C55H93N3O18. The zero-order chi connectivity index (χ0) is 54.2. The third kappa shape index (κ3) is 32.9. The molecule has 1 fully saturated rings. The van der Waals surface area contributed by atoms with Crippen LogP contribution in [0.15, 0.2) is 18.2 Å². The maximum Gasteiger partial charge on any atom is 0.305 e. The van der Waals surface area contributed by atoms with Crippen molar-refractivity contribution >= 4 is 35.3 Å². The number of unbranched alkanes of at least 4 members (excludes halogenated alkanes) is 12. The summed E-state index contributed by atoms with van der Waals surface area (Å²) in [6.07, 6.45) is 17.3. The molecule has 3 rings (SSSR count). The normalized spacial score (nSPS) is 14.5. The summed E-state index contributed by atoms with van der Waals surface area (Å²) in [5.74, 6) is -2.32. The van der Waals surface area contributed by atoms with Gasteiger partial charge in [-0.2, -0.15) is 0 Å². The van der Waals surface area contributed by atoms with Gasteiger partial charge in [0.1, 0.15) is 12.6 Å². The van der Waals surface area contributed by atoms with E-state index in [0.717, 1.165) is 17.7 Å². The number of hydrogen-bond acceptors (Lipinski definition) is 19. The summed E-state index contributed by atoms with van der Waals surface area (Å²) in [6.45, 7) is 13.5. The number of fused-ring (bicyclic) bond motifs is 1. The minimum Gasteiger partial charge on any atom is -0.463 e. The van der Waals surface area contributed by atoms with Crippen LogP contribution < -0.4 is 10.6 Å². The molecule has 436 valence electrons. The largest absolute Gasteiger partial charge is 0.463 e. The number of amides is 4. The molecule has 21 nitrogen and oxygen atoms in total. The fraction of sp³-hybridized carbons (Fsp3) is 0.800. The van der Waals surface area contributed by atoms with Crippen molar-refractivity contribution in [3.63, 3.8) is 0 Å². The monoisotopic (exact) mass is 1080 g/mol. The van der Waals surface area contributed by atoms with E-state index in [1.807, 2.05) is 0 Å². The first-order valence-electron chi connectivity index (χ1n) is 28.1. The van der Waals surface area contributed by atoms with E-state index in [9.17, 15) is 24.0 Å². The van der Waals surface area contributed by atoms with Crippen LogP contribution in [0.4, 0.5) is 5.69 Å². The van der Waals surface area contributed by atoms with Gasteiger partial charge < -0.3 is 66.9 Å². The molecule has 76 heavy (non-hydrogen) atoms. The molecule has 1 aromatic carbocycles. The van der Waals surface area contributed by atoms with Crippen molar-refractivity contribution in [3.05, 3.63) is 29.3 Å². The maximum atomic E-state index is 13.2. The first kappa shape index (κ1) is 66.6. The SMILES string of the molecule is CCCCCCCCCCCCCCCC(=O)OCCOCCOCCOCCOCCOCCOCCOCCOCCOCCOCCOCCOCCNc1cccc2c1C(=O)N(C1CCC(=O)NC1=O)C2=O. The molecule has 1 aromatic rings. The molecule has 4 amide bonds. The Hall–Kier alpha value is -3.71. The number of ether oxygens (including phenoxy) is 13. The standard InChI is InChI=1S/C55H93N3O18/c1-2-3-4-5-6-7-8-9-10-11-12-13-14-18-51(60)76-46-45-75-44-43-74-42-41-73-40-39-72-38-37-71-36-35-70-34-33-69-32-31-68-30-29-67-28-27-66-26-25-65-24-23-64-22-21-56-48-17-15-16-47-52(48)55(63)58(54(47)62)49-19-20-50(59)57-53(49)61/h15-17,49,56H,2-14,18-46H2,1H3,(H,57,59,61). The van der Waals surface area contributed by atoms with Gasteiger partial charge in [0.25, 0.3) is 11.8 Å². The zero-order valence-electron chi connectivity index (χ0n) is 45.8. The minimum absolute atomic E-state index is 0.0616. The lowest BCUT2D eigenvalue weighted by Gasteiger charge is -2.27. The molecule has 2 N–H and O–H groups in total. The summed E-state index contributed by atoms with van der Waals surface area (Å²) in [5.41, 5.74) is 0.897. The van der Waals surface area contributed by atoms with E-state index >= 15 is 0 Å². The number of nitrogens with one attached hydrogen (secondary N) is 2. The van der Waals surface area contributed by atoms with Gasteiger partial charge in [-0.05, 0) is 25.0 Å². The molecule has 1 atom stereocenters. The van der Waals surface area contributed by atoms with E-state index in [0.29, 0.717) is 177 Å². The van der Waals surface area contributed by atoms with Crippen molar-refractivity contribution in [2.75, 3.05) is 177 Å². The quantitative estimate of drug-likeness (QED) is 0.0451. The van der Waals surface area contributed by atoms with Crippen LogP contribution in [0.25, 0.3) is 0 Å². The van der Waals surface area contributed by atoms with Crippen LogP contribution in [-0.2, 0) is 76.0 Å². The number of imide groups is 2. The van der Waals surface area contributed by atoms with Crippen molar-refractivity contribution in [2.24, 2.45) is 0 Å². The van der Waals surface area contributed by atoms with Crippen molar-refractivity contribution in [1.29, 1.82) is 0 Å². The molecule has 1 saturated heterocycles. The van der Waals surface area contributed by atoms with Gasteiger partial charge in [-0.25, -0.2) is 0 Å². The van der Waals surface area contributed by atoms with Crippen LogP contribution in [0, 0.1) is 0 Å². The van der Waals surface area contributed by atoms with Gasteiger partial charge in [0.15, 0.2) is 0 Å². The molecule has 0 bridgehead atoms. The number of nitrogens with zero attached hydrogens (tertiary/aromatic N) is 1. The van der Waals surface area contributed by atoms with Crippen LogP contribution in [-0.4, -0.2) is 212 Å². The van der Waals surface area contributed by atoms with Gasteiger partial charge in [0.2, 0.25) is 11.8 Å². The Kier molecular flexibility index (Phi) is 41.4. The molecular weight excluding hydrogens is 991 g/mol. The fourth-order valence-corrected chi connectivity index (χ4v) is 8.01. The topological polar surface area (TPSA) is 233 Å². The molecule has 0 saturated carbocycles. The van der Waals surface area contributed by atoms with Crippen LogP contribution >= 0.6 is 0 Å². The molecule has 0 spiro atoms. The highest BCUT2D eigenvalue weighted by molar-refractivity contribution is 6.25. The molecule has 2 aliphatic rings. The first-order chi connectivity index (χ1) is 37.4. The molecule has 1 unspecified atom stereocenters. The summed E-state index contributed by atoms with van der Waals surface area (Å²) in [7, 11) is 0. The second-order valence-corrected chi connectivity index (χ2v) is 18.2. The Morgan fingerprint density at radius 2 is 0.855 bits per heavy atom. The zero-order valence-corrected chi connectivity index (χ0v) is 45.8. The number of benzene rings is 1. The highest BCUT2D eigenvalue weighted by Gasteiger charge is 2.45. The summed E-state index contributed by atoms with van der Waals surface area (Å²) >= 11 is 0. The van der Waals surface area contributed by atoms with Gasteiger partial charge in [-0.15, -0.1) is 0 Å². The summed E-state index contributed by atoms with van der Waals surface area (Å²) in [4.78, 5) is 62.9. The van der Waals surface area contributed by atoms with Gasteiger partial charge in [-0.3, -0.25) is 34.2 Å². The highest BCUT2D eigenvalue weighted by atomic mass is 16.6. The molecule has 0 aromatic heterocycles. The average Bonchev–Trinajstić information content (AvgIpc) is 3.68. The van der Waals surface area contributed by atoms with E-state index in [1.165, 1.54) is 70.6 Å². The van der Waals surface area contributed by atoms with Gasteiger partial charge in [-0.1, -0.05) is 90.0 Å². The lowest BCUT2D eigenvalue weighted by molar-refractivity contribution is -0.145. The number of carbonyl (C=O) groups excluding carboxylic acids is 5. The Labute approximate surface area is 451 Å². The number of piperidine rings is 1. The van der Waals surface area contributed by atoms with Crippen LogP contribution in [0.5, 0.6) is 0 Å². The Morgan fingerprint density at radius 3 is 1.25 bits per heavy atom. The van der Waals surface area contributed by atoms with Crippen LogP contribution in [0.1, 0.15) is 130 Å². The van der Waals surface area contributed by atoms with Crippen molar-refractivity contribution < 1.29 is 85.6 Å². The number of hydrogen-bond donors (Lipinski definition) is 2. The molecule has 0 aliphatic carbocycles. The maximum absolute atomic E-state index is 13.2. The van der Waals surface area contributed by atoms with E-state index < -0.39 is 29.7 Å². The Balaban J connectivity index is 0.918. The first-order valence-corrected chi connectivity index (χ1v) is 28.1. The minimum atomic E-state index is -1.02. The van der Waals surface area contributed by atoms with Crippen molar-refractivity contribution in [2.45, 2.75) is 116 Å². The predicted octanol–water partition coefficient (Wildman–Crippen LogP) is 5.72. The van der Waals surface area contributed by atoms with Crippen molar-refractivity contribution in [3.8, 4) is 0 Å². The van der Waals surface area contributed by atoms with Crippen molar-refractivity contribution in [1.82, 2.24) is 10.2 Å². The second-order valence-electron chi connectivity index (χ2n) is 18.2. The number of rotatable bonds is 55. The third-order valence-corrected chi connectivity index (χ3v) is 12.1. The van der Waals surface area contributed by atoms with Gasteiger partial charge in [0.05, 0.1) is 170 Å². The molecule has 2 heterocycles. The summed E-state index contributed by atoms with van der Waals surface area (Å²) < 4.78 is 71.6. The number of carbonyl (C=O) groups is 5. The second kappa shape index (κ2) is 47.3.